The van der Waals surface area contributed by atoms with Crippen molar-refractivity contribution in [2.75, 3.05) is 27.3 Å². The molecule has 0 radical (unpaired) electrons. The van der Waals surface area contributed by atoms with Gasteiger partial charge in [0.05, 0.1) is 12.7 Å². The van der Waals surface area contributed by atoms with E-state index in [1.165, 1.54) is 30.5 Å². The molecule has 5 nitrogen and oxygen atoms in total. The Morgan fingerprint density at radius 1 is 1.20 bits per heavy atom. The number of nitrogens with zero attached hydrogens (tertiary/aromatic N) is 1. The van der Waals surface area contributed by atoms with Crippen molar-refractivity contribution in [2.45, 2.75) is 101 Å². The average molecular weight is 482 g/mol. The molecule has 1 saturated heterocycles. The van der Waals surface area contributed by atoms with Gasteiger partial charge in [0.2, 0.25) is 0 Å². The van der Waals surface area contributed by atoms with Crippen LogP contribution in [0.3, 0.4) is 0 Å². The van der Waals surface area contributed by atoms with Gasteiger partial charge >= 0.3 is 0 Å². The second-order valence-corrected chi connectivity index (χ2v) is 13.5. The van der Waals surface area contributed by atoms with Crippen LogP contribution in [-0.4, -0.2) is 60.7 Å². The van der Waals surface area contributed by atoms with Crippen LogP contribution in [0.15, 0.2) is 12.1 Å². The first kappa shape index (κ1) is 22.9. The largest absolute Gasteiger partial charge is 0.493 e. The van der Waals surface area contributed by atoms with E-state index in [1.807, 2.05) is 7.11 Å². The summed E-state index contributed by atoms with van der Waals surface area (Å²) in [7, 11) is 3.64. The van der Waals surface area contributed by atoms with Crippen LogP contribution in [0.5, 0.6) is 11.5 Å². The molecule has 5 aliphatic carbocycles. The number of methoxy groups -OCH3 is 2. The Labute approximate surface area is 210 Å². The van der Waals surface area contributed by atoms with Gasteiger partial charge in [0.25, 0.3) is 0 Å². The molecular weight excluding hydrogens is 438 g/mol. The van der Waals surface area contributed by atoms with E-state index in [1.54, 1.807) is 7.11 Å². The summed E-state index contributed by atoms with van der Waals surface area (Å²) >= 11 is 0. The molecule has 0 amide bonds. The van der Waals surface area contributed by atoms with Gasteiger partial charge in [0, 0.05) is 42.0 Å². The third kappa shape index (κ3) is 2.66. The molecule has 0 aromatic heterocycles. The van der Waals surface area contributed by atoms with Gasteiger partial charge in [-0.15, -0.1) is 0 Å². The van der Waals surface area contributed by atoms with E-state index in [-0.39, 0.29) is 22.9 Å². The zero-order valence-electron chi connectivity index (χ0n) is 22.2. The average Bonchev–Trinajstić information content (AvgIpc) is 3.56. The normalized spacial score (nSPS) is 42.5. The first-order chi connectivity index (χ1) is 16.7. The van der Waals surface area contributed by atoms with E-state index >= 15 is 0 Å². The monoisotopic (exact) mass is 481 g/mol. The lowest BCUT2D eigenvalue weighted by atomic mass is 9.33. The fourth-order valence-electron chi connectivity index (χ4n) is 10.2. The molecule has 1 N–H and O–H groups in total. The summed E-state index contributed by atoms with van der Waals surface area (Å²) in [5, 5.41) is 12.1. The van der Waals surface area contributed by atoms with Crippen molar-refractivity contribution in [3.63, 3.8) is 0 Å². The molecule has 0 unspecified atom stereocenters. The number of hydrogen-bond acceptors (Lipinski definition) is 5. The van der Waals surface area contributed by atoms with Crippen molar-refractivity contribution in [1.29, 1.82) is 0 Å². The summed E-state index contributed by atoms with van der Waals surface area (Å²) in [6.07, 6.45) is 8.88. The number of benzene rings is 1. The molecule has 8 rings (SSSR count). The minimum atomic E-state index is -0.794. The van der Waals surface area contributed by atoms with Gasteiger partial charge in [0.1, 0.15) is 11.7 Å². The Morgan fingerprint density at radius 3 is 2.69 bits per heavy atom. The minimum Gasteiger partial charge on any atom is -0.493 e. The Bertz CT molecular complexity index is 1050. The molecule has 2 heterocycles. The number of ether oxygens (including phenoxy) is 3. The summed E-state index contributed by atoms with van der Waals surface area (Å²) in [4.78, 5) is 2.87. The summed E-state index contributed by atoms with van der Waals surface area (Å²) < 4.78 is 19.6. The molecule has 7 aliphatic rings. The van der Waals surface area contributed by atoms with Gasteiger partial charge in [-0.2, -0.15) is 0 Å². The third-order valence-electron chi connectivity index (χ3n) is 11.4. The molecule has 4 bridgehead atoms. The molecule has 5 heteroatoms. The Hall–Kier alpha value is -1.30. The van der Waals surface area contributed by atoms with E-state index in [0.717, 1.165) is 62.5 Å². The molecule has 1 aromatic rings. The zero-order chi connectivity index (χ0) is 24.4. The molecule has 5 fully saturated rings. The summed E-state index contributed by atoms with van der Waals surface area (Å²) in [6.45, 7) is 8.92. The number of aliphatic hydroxyl groups is 1. The van der Waals surface area contributed by atoms with Gasteiger partial charge < -0.3 is 19.3 Å². The zero-order valence-corrected chi connectivity index (χ0v) is 22.2. The van der Waals surface area contributed by atoms with Crippen LogP contribution in [0.1, 0.15) is 76.8 Å². The highest BCUT2D eigenvalue weighted by Crippen LogP contribution is 2.77. The lowest BCUT2D eigenvalue weighted by Gasteiger charge is -2.75. The topological polar surface area (TPSA) is 51.2 Å². The Balaban J connectivity index is 1.45. The summed E-state index contributed by atoms with van der Waals surface area (Å²) in [5.41, 5.74) is 1.69. The number of rotatable bonds is 7. The highest BCUT2D eigenvalue weighted by Gasteiger charge is 2.81. The first-order valence-electron chi connectivity index (χ1n) is 14.1. The molecule has 192 valence electrons. The highest BCUT2D eigenvalue weighted by atomic mass is 16.6. The fourth-order valence-corrected chi connectivity index (χ4v) is 10.2. The maximum Gasteiger partial charge on any atom is 0.165 e. The lowest BCUT2D eigenvalue weighted by molar-refractivity contribution is -0.303. The molecule has 1 aromatic carbocycles. The first-order valence-corrected chi connectivity index (χ1v) is 14.1. The van der Waals surface area contributed by atoms with Crippen LogP contribution >= 0.6 is 0 Å². The lowest BCUT2D eigenvalue weighted by Crippen LogP contribution is -2.82. The predicted molar refractivity (Wildman–Crippen MR) is 135 cm³/mol. The molecule has 7 atom stereocenters. The van der Waals surface area contributed by atoms with Crippen molar-refractivity contribution < 1.29 is 19.3 Å². The molecular formula is C30H43NO4. The van der Waals surface area contributed by atoms with Gasteiger partial charge in [-0.05, 0) is 88.3 Å². The van der Waals surface area contributed by atoms with Crippen LogP contribution in [-0.2, 0) is 16.6 Å². The van der Waals surface area contributed by atoms with Gasteiger partial charge in [-0.1, -0.05) is 19.9 Å². The van der Waals surface area contributed by atoms with E-state index < -0.39 is 11.2 Å². The highest BCUT2D eigenvalue weighted by molar-refractivity contribution is 5.63. The number of hydrogen-bond donors (Lipinski definition) is 1. The van der Waals surface area contributed by atoms with Crippen LogP contribution in [0.2, 0.25) is 0 Å². The number of fused-ring (bicyclic) bond motifs is 2. The van der Waals surface area contributed by atoms with Gasteiger partial charge in [-0.3, -0.25) is 4.90 Å². The Morgan fingerprint density at radius 2 is 2.00 bits per heavy atom. The summed E-state index contributed by atoms with van der Waals surface area (Å²) in [5.74, 6) is 3.20. The standard InChI is InChI=1S/C30H43NO4/c1-18(2)15-27(3,32)22-16-28-10-11-30(22,34-5)26-29(28)12-13-31(17-19-6-7-19)23(28)14-20-8-9-21(33-4)25(35-26)24(20)29/h8-9,18-19,22-23,26,32H,6-7,10-17H2,1-5H3/t22-,23-,26-,27-,28-,29+,30-/m1/s1. The fraction of sp³-hybridized carbons (Fsp3) is 0.800. The number of piperidine rings is 1. The van der Waals surface area contributed by atoms with E-state index in [9.17, 15) is 5.11 Å². The minimum absolute atomic E-state index is 0.0478. The predicted octanol–water partition coefficient (Wildman–Crippen LogP) is 4.72. The molecule has 2 aliphatic heterocycles. The van der Waals surface area contributed by atoms with Crippen molar-refractivity contribution >= 4 is 0 Å². The molecule has 35 heavy (non-hydrogen) atoms. The van der Waals surface area contributed by atoms with E-state index in [0.29, 0.717) is 12.0 Å². The maximum atomic E-state index is 12.1. The second kappa shape index (κ2) is 7.17. The Kier molecular flexibility index (Phi) is 4.68. The van der Waals surface area contributed by atoms with Crippen molar-refractivity contribution in [3.8, 4) is 11.5 Å². The van der Waals surface area contributed by atoms with Crippen LogP contribution in [0.4, 0.5) is 0 Å². The van der Waals surface area contributed by atoms with Gasteiger partial charge in [-0.25, -0.2) is 0 Å². The summed E-state index contributed by atoms with van der Waals surface area (Å²) in [6, 6.07) is 4.96. The van der Waals surface area contributed by atoms with Crippen LogP contribution in [0.25, 0.3) is 0 Å². The maximum absolute atomic E-state index is 12.1. The molecule has 4 saturated carbocycles. The third-order valence-corrected chi connectivity index (χ3v) is 11.4. The quantitative estimate of drug-likeness (QED) is 0.611. The number of likely N-dealkylation sites (tertiary alicyclic amines) is 1. The second-order valence-electron chi connectivity index (χ2n) is 13.5. The van der Waals surface area contributed by atoms with Crippen molar-refractivity contribution in [2.24, 2.45) is 23.2 Å². The molecule has 2 spiro atoms. The van der Waals surface area contributed by atoms with E-state index in [2.05, 4.69) is 37.8 Å². The van der Waals surface area contributed by atoms with Crippen LogP contribution in [0, 0.1) is 23.2 Å². The SMILES string of the molecule is COc1ccc2c3c1O[C@H]1[C@@]4(OC)CC[C@@]5(C[C@@H]4[C@](C)(O)CC(C)C)[C@@H](C2)N(CC2CC2)CC[C@]315. The van der Waals surface area contributed by atoms with Gasteiger partial charge in [0.15, 0.2) is 11.5 Å². The smallest absolute Gasteiger partial charge is 0.165 e. The van der Waals surface area contributed by atoms with Crippen molar-refractivity contribution in [3.05, 3.63) is 23.3 Å². The van der Waals surface area contributed by atoms with Crippen molar-refractivity contribution in [1.82, 2.24) is 4.90 Å². The van der Waals surface area contributed by atoms with Crippen LogP contribution < -0.4 is 9.47 Å². The van der Waals surface area contributed by atoms with E-state index in [4.69, 9.17) is 14.2 Å².